The molecule has 0 aromatic carbocycles. The zero-order valence-corrected chi connectivity index (χ0v) is 13.0. The van der Waals surface area contributed by atoms with Gasteiger partial charge in [0.2, 0.25) is 0 Å². The third kappa shape index (κ3) is 3.14. The van der Waals surface area contributed by atoms with Crippen LogP contribution in [0.3, 0.4) is 0 Å². The molecule has 3 heteroatoms. The van der Waals surface area contributed by atoms with E-state index in [4.69, 9.17) is 0 Å². The van der Waals surface area contributed by atoms with E-state index in [1.165, 1.54) is 42.1 Å². The first kappa shape index (κ1) is 14.0. The van der Waals surface area contributed by atoms with Gasteiger partial charge in [0, 0.05) is 34.9 Å². The molecule has 1 fully saturated rings. The lowest BCUT2D eigenvalue weighted by molar-refractivity contribution is 0.116. The fourth-order valence-corrected chi connectivity index (χ4v) is 3.82. The minimum absolute atomic E-state index is 0.596. The maximum absolute atomic E-state index is 2.64. The number of aryl methyl sites for hydroxylation is 1. The maximum atomic E-state index is 2.64. The van der Waals surface area contributed by atoms with Crippen LogP contribution in [0.25, 0.3) is 0 Å². The molecule has 1 aromatic rings. The molecule has 1 aliphatic heterocycles. The van der Waals surface area contributed by atoms with E-state index < -0.39 is 0 Å². The fraction of sp³-hybridized carbons (Fsp3) is 0.733. The van der Waals surface area contributed by atoms with Crippen LogP contribution in [0.4, 0.5) is 0 Å². The SMILES string of the molecule is CCc1ccc([C@@H](C)N2CCC(N(C)C)CC2)s1. The number of likely N-dealkylation sites (tertiary alicyclic amines) is 1. The average molecular weight is 266 g/mol. The topological polar surface area (TPSA) is 6.48 Å². The Bertz CT molecular complexity index is 364. The van der Waals surface area contributed by atoms with Gasteiger partial charge in [-0.25, -0.2) is 0 Å². The van der Waals surface area contributed by atoms with Crippen molar-refractivity contribution >= 4 is 11.3 Å². The van der Waals surface area contributed by atoms with Crippen LogP contribution in [0.1, 0.15) is 42.5 Å². The molecule has 0 unspecified atom stereocenters. The predicted molar refractivity (Wildman–Crippen MR) is 80.4 cm³/mol. The Hall–Kier alpha value is -0.380. The van der Waals surface area contributed by atoms with Gasteiger partial charge in [-0.05, 0) is 52.4 Å². The van der Waals surface area contributed by atoms with Gasteiger partial charge in [-0.3, -0.25) is 4.90 Å². The van der Waals surface area contributed by atoms with Crippen molar-refractivity contribution in [1.82, 2.24) is 9.80 Å². The minimum Gasteiger partial charge on any atom is -0.306 e. The fourth-order valence-electron chi connectivity index (χ4n) is 2.78. The molecule has 102 valence electrons. The van der Waals surface area contributed by atoms with Crippen LogP contribution in [-0.2, 0) is 6.42 Å². The van der Waals surface area contributed by atoms with Crippen LogP contribution in [0.15, 0.2) is 12.1 Å². The summed E-state index contributed by atoms with van der Waals surface area (Å²) in [7, 11) is 4.41. The maximum Gasteiger partial charge on any atom is 0.0413 e. The van der Waals surface area contributed by atoms with Gasteiger partial charge in [0.05, 0.1) is 0 Å². The molecule has 0 bridgehead atoms. The van der Waals surface area contributed by atoms with E-state index in [-0.39, 0.29) is 0 Å². The van der Waals surface area contributed by atoms with Crippen molar-refractivity contribution in [3.63, 3.8) is 0 Å². The molecule has 0 radical (unpaired) electrons. The monoisotopic (exact) mass is 266 g/mol. The molecule has 0 spiro atoms. The van der Waals surface area contributed by atoms with E-state index in [2.05, 4.69) is 49.9 Å². The van der Waals surface area contributed by atoms with Gasteiger partial charge in [0.15, 0.2) is 0 Å². The minimum atomic E-state index is 0.596. The Kier molecular flexibility index (Phi) is 4.82. The molecule has 0 saturated carbocycles. The van der Waals surface area contributed by atoms with E-state index >= 15 is 0 Å². The summed E-state index contributed by atoms with van der Waals surface area (Å²) in [6.07, 6.45) is 3.78. The van der Waals surface area contributed by atoms with Gasteiger partial charge >= 0.3 is 0 Å². The Morgan fingerprint density at radius 1 is 1.33 bits per heavy atom. The van der Waals surface area contributed by atoms with Gasteiger partial charge < -0.3 is 4.90 Å². The lowest BCUT2D eigenvalue weighted by Gasteiger charge is -2.38. The molecule has 1 atom stereocenters. The number of rotatable bonds is 4. The molecular formula is C15H26N2S. The van der Waals surface area contributed by atoms with Crippen LogP contribution < -0.4 is 0 Å². The summed E-state index contributed by atoms with van der Waals surface area (Å²) in [6.45, 7) is 7.08. The van der Waals surface area contributed by atoms with Crippen molar-refractivity contribution in [3.8, 4) is 0 Å². The number of hydrogen-bond acceptors (Lipinski definition) is 3. The normalized spacial score (nSPS) is 20.5. The molecular weight excluding hydrogens is 240 g/mol. The quantitative estimate of drug-likeness (QED) is 0.824. The van der Waals surface area contributed by atoms with Crippen LogP contribution >= 0.6 is 11.3 Å². The lowest BCUT2D eigenvalue weighted by Crippen LogP contribution is -2.42. The highest BCUT2D eigenvalue weighted by Gasteiger charge is 2.25. The zero-order chi connectivity index (χ0) is 13.1. The van der Waals surface area contributed by atoms with Gasteiger partial charge in [-0.1, -0.05) is 6.92 Å². The van der Waals surface area contributed by atoms with Gasteiger partial charge in [-0.2, -0.15) is 0 Å². The molecule has 2 nitrogen and oxygen atoms in total. The van der Waals surface area contributed by atoms with E-state index in [1.54, 1.807) is 0 Å². The molecule has 0 N–H and O–H groups in total. The summed E-state index contributed by atoms with van der Waals surface area (Å²) in [5.74, 6) is 0. The zero-order valence-electron chi connectivity index (χ0n) is 12.1. The van der Waals surface area contributed by atoms with Crippen LogP contribution in [0.2, 0.25) is 0 Å². The first-order valence-electron chi connectivity index (χ1n) is 7.11. The molecule has 1 aliphatic rings. The largest absolute Gasteiger partial charge is 0.306 e. The lowest BCUT2D eigenvalue weighted by atomic mass is 10.0. The number of thiophene rings is 1. The van der Waals surface area contributed by atoms with Crippen molar-refractivity contribution in [2.45, 2.75) is 45.2 Å². The second-order valence-electron chi connectivity index (χ2n) is 5.56. The summed E-state index contributed by atoms with van der Waals surface area (Å²) < 4.78 is 0. The number of piperidine rings is 1. The smallest absolute Gasteiger partial charge is 0.0413 e. The van der Waals surface area contributed by atoms with Crippen molar-refractivity contribution in [1.29, 1.82) is 0 Å². The predicted octanol–water partition coefficient (Wildman–Crippen LogP) is 3.40. The van der Waals surface area contributed by atoms with Crippen LogP contribution in [0.5, 0.6) is 0 Å². The third-order valence-electron chi connectivity index (χ3n) is 4.22. The van der Waals surface area contributed by atoms with E-state index in [9.17, 15) is 0 Å². The molecule has 1 saturated heterocycles. The average Bonchev–Trinajstić information content (AvgIpc) is 2.86. The van der Waals surface area contributed by atoms with E-state index in [0.717, 1.165) is 6.04 Å². The molecule has 2 heterocycles. The van der Waals surface area contributed by atoms with E-state index in [0.29, 0.717) is 6.04 Å². The second-order valence-corrected chi connectivity index (χ2v) is 6.76. The first-order chi connectivity index (χ1) is 8.61. The second kappa shape index (κ2) is 6.18. The third-order valence-corrected chi connectivity index (χ3v) is 5.62. The highest BCUT2D eigenvalue weighted by molar-refractivity contribution is 7.12. The van der Waals surface area contributed by atoms with E-state index in [1.807, 2.05) is 11.3 Å². The summed E-state index contributed by atoms with van der Waals surface area (Å²) >= 11 is 1.99. The first-order valence-corrected chi connectivity index (χ1v) is 7.92. The van der Waals surface area contributed by atoms with Crippen LogP contribution in [0, 0.1) is 0 Å². The van der Waals surface area contributed by atoms with Gasteiger partial charge in [-0.15, -0.1) is 11.3 Å². The highest BCUT2D eigenvalue weighted by atomic mass is 32.1. The van der Waals surface area contributed by atoms with Crippen molar-refractivity contribution in [3.05, 3.63) is 21.9 Å². The van der Waals surface area contributed by atoms with Gasteiger partial charge in [0.1, 0.15) is 0 Å². The van der Waals surface area contributed by atoms with Crippen molar-refractivity contribution < 1.29 is 0 Å². The molecule has 0 aliphatic carbocycles. The molecule has 2 rings (SSSR count). The molecule has 1 aromatic heterocycles. The molecule has 18 heavy (non-hydrogen) atoms. The number of hydrogen-bond donors (Lipinski definition) is 0. The Labute approximate surface area is 116 Å². The van der Waals surface area contributed by atoms with Crippen molar-refractivity contribution in [2.24, 2.45) is 0 Å². The standard InChI is InChI=1S/C15H26N2S/c1-5-14-6-7-15(18-14)12(2)17-10-8-13(9-11-17)16(3)4/h6-7,12-13H,5,8-11H2,1-4H3/t12-/m1/s1. The summed E-state index contributed by atoms with van der Waals surface area (Å²) in [5.41, 5.74) is 0. The van der Waals surface area contributed by atoms with Crippen molar-refractivity contribution in [2.75, 3.05) is 27.2 Å². The Morgan fingerprint density at radius 2 is 2.00 bits per heavy atom. The summed E-state index contributed by atoms with van der Waals surface area (Å²) in [4.78, 5) is 8.07. The highest BCUT2D eigenvalue weighted by Crippen LogP contribution is 2.30. The molecule has 0 amide bonds. The summed E-state index contributed by atoms with van der Waals surface area (Å²) in [5, 5.41) is 0. The van der Waals surface area contributed by atoms with Gasteiger partial charge in [0.25, 0.3) is 0 Å². The summed E-state index contributed by atoms with van der Waals surface area (Å²) in [6, 6.07) is 6.00. The number of nitrogens with zero attached hydrogens (tertiary/aromatic N) is 2. The van der Waals surface area contributed by atoms with Crippen LogP contribution in [-0.4, -0.2) is 43.0 Å². The Morgan fingerprint density at radius 3 is 2.50 bits per heavy atom. The Balaban J connectivity index is 1.92.